The number of rotatable bonds is 4. The van der Waals surface area contributed by atoms with Gasteiger partial charge in [0.15, 0.2) is 8.68 Å². The van der Waals surface area contributed by atoms with Crippen LogP contribution in [-0.2, 0) is 10.0 Å². The maximum absolute atomic E-state index is 12.3. The fourth-order valence-corrected chi connectivity index (χ4v) is 4.96. The molecular weight excluding hydrogens is 384 g/mol. The summed E-state index contributed by atoms with van der Waals surface area (Å²) in [4.78, 5) is 3.93. The first-order valence-electron chi connectivity index (χ1n) is 5.70. The highest BCUT2D eigenvalue weighted by Crippen LogP contribution is 2.28. The third kappa shape index (κ3) is 3.59. The van der Waals surface area contributed by atoms with Gasteiger partial charge in [0, 0.05) is 10.5 Å². The topological polar surface area (TPSA) is 59.1 Å². The number of nitrogens with one attached hydrogen (secondary N) is 1. The van der Waals surface area contributed by atoms with Crippen LogP contribution in [0.5, 0.6) is 0 Å². The monoisotopic (exact) mass is 394 g/mol. The van der Waals surface area contributed by atoms with Crippen molar-refractivity contribution in [3.05, 3.63) is 44.5 Å². The molecule has 8 heteroatoms. The highest BCUT2D eigenvalue weighted by molar-refractivity contribution is 9.10. The Morgan fingerprint density at radius 2 is 1.95 bits per heavy atom. The summed E-state index contributed by atoms with van der Waals surface area (Å²) in [6.07, 6.45) is 0. The number of aromatic nitrogens is 1. The van der Waals surface area contributed by atoms with Crippen molar-refractivity contribution < 1.29 is 8.42 Å². The van der Waals surface area contributed by atoms with Crippen molar-refractivity contribution in [2.45, 2.75) is 24.1 Å². The number of benzene rings is 1. The second-order valence-electron chi connectivity index (χ2n) is 4.23. The van der Waals surface area contributed by atoms with Gasteiger partial charge in [-0.05, 0) is 31.5 Å². The summed E-state index contributed by atoms with van der Waals surface area (Å²) in [6, 6.07) is 7.13. The molecule has 0 fully saturated rings. The predicted octanol–water partition coefficient (Wildman–Crippen LogP) is 3.91. The SMILES string of the molecule is Cc1nc(Cl)sc1S(=O)(=O)N[C@H](C)c1ccc(Br)cc1. The van der Waals surface area contributed by atoms with Crippen molar-refractivity contribution in [2.75, 3.05) is 0 Å². The lowest BCUT2D eigenvalue weighted by Gasteiger charge is -2.14. The van der Waals surface area contributed by atoms with Crippen molar-refractivity contribution in [2.24, 2.45) is 0 Å². The third-order valence-corrected chi connectivity index (χ3v) is 6.61. The molecule has 108 valence electrons. The fraction of sp³-hybridized carbons (Fsp3) is 0.250. The smallest absolute Gasteiger partial charge is 0.229 e. The van der Waals surface area contributed by atoms with Gasteiger partial charge in [-0.15, -0.1) is 0 Å². The van der Waals surface area contributed by atoms with Crippen LogP contribution in [0.3, 0.4) is 0 Å². The standard InChI is InChI=1S/C12H12BrClN2O2S2/c1-7(9-3-5-10(13)6-4-9)16-20(17,18)11-8(2)15-12(14)19-11/h3-7,16H,1-2H3/t7-/m1/s1. The normalized spacial score (nSPS) is 13.4. The van der Waals surface area contributed by atoms with Crippen LogP contribution in [0.25, 0.3) is 0 Å². The quantitative estimate of drug-likeness (QED) is 0.854. The molecule has 0 aliphatic rings. The zero-order valence-corrected chi connectivity index (χ0v) is 14.7. The number of halogens is 2. The minimum atomic E-state index is -3.62. The van der Waals surface area contributed by atoms with E-state index in [2.05, 4.69) is 25.6 Å². The summed E-state index contributed by atoms with van der Waals surface area (Å²) in [5, 5.41) is 0. The number of thiazole rings is 1. The molecular formula is C12H12BrClN2O2S2. The van der Waals surface area contributed by atoms with E-state index >= 15 is 0 Å². The molecule has 0 unspecified atom stereocenters. The molecule has 2 aromatic rings. The minimum Gasteiger partial charge on any atom is -0.229 e. The zero-order chi connectivity index (χ0) is 14.9. The first-order valence-corrected chi connectivity index (χ1v) is 9.17. The van der Waals surface area contributed by atoms with E-state index in [1.54, 1.807) is 13.8 Å². The molecule has 20 heavy (non-hydrogen) atoms. The lowest BCUT2D eigenvalue weighted by Crippen LogP contribution is -2.26. The second-order valence-corrected chi connectivity index (χ2v) is 8.64. The van der Waals surface area contributed by atoms with E-state index in [-0.39, 0.29) is 14.7 Å². The summed E-state index contributed by atoms with van der Waals surface area (Å²) in [6.45, 7) is 3.42. The molecule has 1 aromatic carbocycles. The Balaban J connectivity index is 2.24. The van der Waals surface area contributed by atoms with Gasteiger partial charge in [0.25, 0.3) is 10.0 Å². The first kappa shape index (κ1) is 15.9. The van der Waals surface area contributed by atoms with Gasteiger partial charge in [-0.2, -0.15) is 0 Å². The highest BCUT2D eigenvalue weighted by atomic mass is 79.9. The lowest BCUT2D eigenvalue weighted by atomic mass is 10.1. The van der Waals surface area contributed by atoms with Crippen LogP contribution in [0.1, 0.15) is 24.2 Å². The van der Waals surface area contributed by atoms with Gasteiger partial charge >= 0.3 is 0 Å². The van der Waals surface area contributed by atoms with Gasteiger partial charge in [-0.25, -0.2) is 18.1 Å². The van der Waals surface area contributed by atoms with E-state index in [1.807, 2.05) is 24.3 Å². The molecule has 0 aliphatic carbocycles. The predicted molar refractivity (Wildman–Crippen MR) is 84.7 cm³/mol. The molecule has 1 atom stereocenters. The lowest BCUT2D eigenvalue weighted by molar-refractivity contribution is 0.568. The van der Waals surface area contributed by atoms with E-state index in [9.17, 15) is 8.42 Å². The molecule has 0 radical (unpaired) electrons. The Kier molecular flexibility index (Phi) is 4.86. The molecule has 0 aliphatic heterocycles. The van der Waals surface area contributed by atoms with Gasteiger partial charge in [0.05, 0.1) is 5.69 Å². The number of hydrogen-bond donors (Lipinski definition) is 1. The van der Waals surface area contributed by atoms with Crippen molar-refractivity contribution in [3.8, 4) is 0 Å². The molecule has 2 rings (SSSR count). The summed E-state index contributed by atoms with van der Waals surface area (Å²) in [7, 11) is -3.62. The Hall–Kier alpha value is -0.470. The molecule has 1 N–H and O–H groups in total. The summed E-state index contributed by atoms with van der Waals surface area (Å²) in [5.74, 6) is 0. The summed E-state index contributed by atoms with van der Waals surface area (Å²) < 4.78 is 28.6. The van der Waals surface area contributed by atoms with Crippen LogP contribution in [0.4, 0.5) is 0 Å². The van der Waals surface area contributed by atoms with Crippen molar-refractivity contribution >= 4 is 48.9 Å². The second kappa shape index (κ2) is 6.11. The average molecular weight is 396 g/mol. The van der Waals surface area contributed by atoms with Crippen molar-refractivity contribution in [1.82, 2.24) is 9.71 Å². The van der Waals surface area contributed by atoms with Gasteiger partial charge in [-0.3, -0.25) is 0 Å². The minimum absolute atomic E-state index is 0.159. The largest absolute Gasteiger partial charge is 0.252 e. The zero-order valence-electron chi connectivity index (χ0n) is 10.7. The Morgan fingerprint density at radius 3 is 2.45 bits per heavy atom. The third-order valence-electron chi connectivity index (χ3n) is 2.67. The van der Waals surface area contributed by atoms with Crippen LogP contribution >= 0.6 is 38.9 Å². The van der Waals surface area contributed by atoms with Gasteiger partial charge in [-0.1, -0.05) is 51.0 Å². The molecule has 0 saturated carbocycles. The molecule has 0 bridgehead atoms. The summed E-state index contributed by atoms with van der Waals surface area (Å²) >= 11 is 10.1. The molecule has 1 aromatic heterocycles. The molecule has 0 spiro atoms. The number of sulfonamides is 1. The molecule has 0 amide bonds. The van der Waals surface area contributed by atoms with Crippen LogP contribution < -0.4 is 4.72 Å². The summed E-state index contributed by atoms with van der Waals surface area (Å²) in [5.41, 5.74) is 1.29. The fourth-order valence-electron chi connectivity index (χ4n) is 1.71. The van der Waals surface area contributed by atoms with Crippen LogP contribution in [0, 0.1) is 6.92 Å². The molecule has 1 heterocycles. The number of nitrogens with zero attached hydrogens (tertiary/aromatic N) is 1. The number of aryl methyl sites for hydroxylation is 1. The van der Waals surface area contributed by atoms with E-state index in [0.29, 0.717) is 5.69 Å². The van der Waals surface area contributed by atoms with E-state index in [4.69, 9.17) is 11.6 Å². The van der Waals surface area contributed by atoms with Gasteiger partial charge in [0.1, 0.15) is 0 Å². The average Bonchev–Trinajstić information content (AvgIpc) is 2.69. The van der Waals surface area contributed by atoms with Crippen LogP contribution in [0.2, 0.25) is 4.47 Å². The maximum atomic E-state index is 12.3. The molecule has 0 saturated heterocycles. The Bertz CT molecular complexity index is 714. The first-order chi connectivity index (χ1) is 9.29. The van der Waals surface area contributed by atoms with E-state index in [1.165, 1.54) is 0 Å². The number of hydrogen-bond acceptors (Lipinski definition) is 4. The van der Waals surface area contributed by atoms with Gasteiger partial charge in [0.2, 0.25) is 0 Å². The highest BCUT2D eigenvalue weighted by Gasteiger charge is 2.23. The van der Waals surface area contributed by atoms with Crippen LogP contribution in [-0.4, -0.2) is 13.4 Å². The van der Waals surface area contributed by atoms with E-state index in [0.717, 1.165) is 21.4 Å². The van der Waals surface area contributed by atoms with Crippen molar-refractivity contribution in [3.63, 3.8) is 0 Å². The van der Waals surface area contributed by atoms with E-state index < -0.39 is 10.0 Å². The Labute approximate surface area is 135 Å². The van der Waals surface area contributed by atoms with Crippen molar-refractivity contribution in [1.29, 1.82) is 0 Å². The maximum Gasteiger partial charge on any atom is 0.252 e. The van der Waals surface area contributed by atoms with Crippen LogP contribution in [0.15, 0.2) is 32.9 Å². The van der Waals surface area contributed by atoms with Gasteiger partial charge < -0.3 is 0 Å². The molecule has 4 nitrogen and oxygen atoms in total. The Morgan fingerprint density at radius 1 is 1.35 bits per heavy atom.